The van der Waals surface area contributed by atoms with E-state index in [9.17, 15) is 13.6 Å². The highest BCUT2D eigenvalue weighted by Gasteiger charge is 2.16. The van der Waals surface area contributed by atoms with Gasteiger partial charge in [-0.2, -0.15) is 0 Å². The summed E-state index contributed by atoms with van der Waals surface area (Å²) in [7, 11) is 0. The maximum Gasteiger partial charge on any atom is 0.312 e. The molecule has 2 rings (SSSR count). The maximum atomic E-state index is 12.7. The molecule has 5 N–H and O–H groups in total. The SMILES string of the molecule is N=C(Nc1cccc(C(F)F)c1)c1nonc1SCCNC(N)=O. The molecule has 2 aromatic rings. The van der Waals surface area contributed by atoms with Crippen molar-refractivity contribution >= 4 is 29.3 Å². The predicted molar refractivity (Wildman–Crippen MR) is 84.5 cm³/mol. The summed E-state index contributed by atoms with van der Waals surface area (Å²) in [6.45, 7) is 0.309. The molecule has 24 heavy (non-hydrogen) atoms. The molecule has 0 spiro atoms. The monoisotopic (exact) mass is 356 g/mol. The summed E-state index contributed by atoms with van der Waals surface area (Å²) in [5.41, 5.74) is 5.26. The topological polar surface area (TPSA) is 130 Å². The number of hydrogen-bond donors (Lipinski definition) is 4. The smallest absolute Gasteiger partial charge is 0.312 e. The van der Waals surface area contributed by atoms with Gasteiger partial charge in [0.25, 0.3) is 6.43 Å². The van der Waals surface area contributed by atoms with Crippen LogP contribution in [0.15, 0.2) is 33.9 Å². The van der Waals surface area contributed by atoms with Crippen LogP contribution in [0.1, 0.15) is 17.7 Å². The number of amides is 2. The van der Waals surface area contributed by atoms with Crippen LogP contribution in [0.3, 0.4) is 0 Å². The van der Waals surface area contributed by atoms with E-state index in [1.54, 1.807) is 6.07 Å². The number of anilines is 1. The fourth-order valence-corrected chi connectivity index (χ4v) is 2.47. The molecule has 0 aliphatic rings. The van der Waals surface area contributed by atoms with E-state index in [1.807, 2.05) is 0 Å². The molecule has 11 heteroatoms. The molecule has 1 heterocycles. The first-order valence-corrected chi connectivity index (χ1v) is 7.68. The summed E-state index contributed by atoms with van der Waals surface area (Å²) in [5.74, 6) is 0.297. The molecule has 0 atom stereocenters. The lowest BCUT2D eigenvalue weighted by Crippen LogP contribution is -2.31. The van der Waals surface area contributed by atoms with Crippen molar-refractivity contribution in [2.24, 2.45) is 5.73 Å². The summed E-state index contributed by atoms with van der Waals surface area (Å²) in [5, 5.41) is 20.7. The average Bonchev–Trinajstić information content (AvgIpc) is 3.00. The van der Waals surface area contributed by atoms with Crippen LogP contribution in [-0.4, -0.2) is 34.5 Å². The van der Waals surface area contributed by atoms with Gasteiger partial charge >= 0.3 is 6.03 Å². The molecular formula is C13H14F2N6O2S. The highest BCUT2D eigenvalue weighted by Crippen LogP contribution is 2.23. The summed E-state index contributed by atoms with van der Waals surface area (Å²) < 4.78 is 30.0. The van der Waals surface area contributed by atoms with Gasteiger partial charge in [-0.15, -0.1) is 0 Å². The number of nitrogens with one attached hydrogen (secondary N) is 3. The molecule has 0 unspecified atom stereocenters. The van der Waals surface area contributed by atoms with Crippen molar-refractivity contribution in [2.45, 2.75) is 11.5 Å². The van der Waals surface area contributed by atoms with Gasteiger partial charge < -0.3 is 16.4 Å². The van der Waals surface area contributed by atoms with Gasteiger partial charge in [-0.1, -0.05) is 23.9 Å². The number of carbonyl (C=O) groups excluding carboxylic acids is 1. The van der Waals surface area contributed by atoms with E-state index in [1.165, 1.54) is 30.0 Å². The number of nitrogens with zero attached hydrogens (tertiary/aromatic N) is 2. The molecule has 0 fully saturated rings. The molecule has 0 aliphatic carbocycles. The van der Waals surface area contributed by atoms with Crippen LogP contribution in [0.5, 0.6) is 0 Å². The summed E-state index contributed by atoms with van der Waals surface area (Å²) in [6.07, 6.45) is -2.60. The van der Waals surface area contributed by atoms with E-state index in [0.29, 0.717) is 23.0 Å². The zero-order valence-electron chi connectivity index (χ0n) is 12.3. The minimum Gasteiger partial charge on any atom is -0.352 e. The lowest BCUT2D eigenvalue weighted by atomic mass is 10.2. The highest BCUT2D eigenvalue weighted by molar-refractivity contribution is 7.99. The number of carbonyl (C=O) groups is 1. The lowest BCUT2D eigenvalue weighted by Gasteiger charge is -2.08. The molecule has 0 aliphatic heterocycles. The van der Waals surface area contributed by atoms with Gasteiger partial charge in [-0.05, 0) is 22.4 Å². The Morgan fingerprint density at radius 1 is 1.42 bits per heavy atom. The largest absolute Gasteiger partial charge is 0.352 e. The zero-order chi connectivity index (χ0) is 17.5. The van der Waals surface area contributed by atoms with Crippen LogP contribution in [-0.2, 0) is 0 Å². The standard InChI is InChI=1S/C13H14F2N6O2S/c14-10(15)7-2-1-3-8(6-7)19-11(16)9-12(21-23-20-9)24-5-4-18-13(17)22/h1-3,6,10H,4-5H2,(H2,16,19)(H3,17,18,22). The predicted octanol–water partition coefficient (Wildman–Crippen LogP) is 2.21. The molecule has 0 bridgehead atoms. The van der Waals surface area contributed by atoms with Gasteiger partial charge in [0.05, 0.1) is 0 Å². The van der Waals surface area contributed by atoms with Gasteiger partial charge in [0.2, 0.25) is 0 Å². The van der Waals surface area contributed by atoms with Crippen LogP contribution >= 0.6 is 11.8 Å². The molecule has 0 saturated heterocycles. The normalized spacial score (nSPS) is 10.6. The van der Waals surface area contributed by atoms with Gasteiger partial charge in [-0.3, -0.25) is 5.41 Å². The number of urea groups is 1. The first-order valence-electron chi connectivity index (χ1n) is 6.70. The zero-order valence-corrected chi connectivity index (χ0v) is 13.1. The highest BCUT2D eigenvalue weighted by atomic mass is 32.2. The number of thioether (sulfide) groups is 1. The van der Waals surface area contributed by atoms with Crippen molar-refractivity contribution in [2.75, 3.05) is 17.6 Å². The van der Waals surface area contributed by atoms with Gasteiger partial charge in [0, 0.05) is 23.5 Å². The number of rotatable bonds is 7. The first kappa shape index (κ1) is 17.7. The second-order valence-electron chi connectivity index (χ2n) is 4.48. The molecule has 8 nitrogen and oxygen atoms in total. The number of aromatic nitrogens is 2. The van der Waals surface area contributed by atoms with Crippen LogP contribution in [0, 0.1) is 5.41 Å². The number of benzene rings is 1. The van der Waals surface area contributed by atoms with E-state index < -0.39 is 12.5 Å². The summed E-state index contributed by atoms with van der Waals surface area (Å²) in [4.78, 5) is 10.6. The molecule has 1 aromatic carbocycles. The Hall–Kier alpha value is -2.69. The molecule has 128 valence electrons. The Labute approximate surface area is 139 Å². The number of nitrogens with two attached hydrogens (primary N) is 1. The van der Waals surface area contributed by atoms with Crippen molar-refractivity contribution in [3.63, 3.8) is 0 Å². The first-order chi connectivity index (χ1) is 11.5. The number of alkyl halides is 2. The number of amidine groups is 1. The second-order valence-corrected chi connectivity index (χ2v) is 5.57. The average molecular weight is 356 g/mol. The fraction of sp³-hybridized carbons (Fsp3) is 0.231. The molecule has 1 aromatic heterocycles. The Morgan fingerprint density at radius 2 is 2.21 bits per heavy atom. The lowest BCUT2D eigenvalue weighted by molar-refractivity contribution is 0.151. The van der Waals surface area contributed by atoms with E-state index in [-0.39, 0.29) is 17.1 Å². The molecular weight excluding hydrogens is 342 g/mol. The van der Waals surface area contributed by atoms with Crippen LogP contribution in [0.4, 0.5) is 19.3 Å². The van der Waals surface area contributed by atoms with Gasteiger partial charge in [-0.25, -0.2) is 18.2 Å². The number of hydrogen-bond acceptors (Lipinski definition) is 6. The van der Waals surface area contributed by atoms with Crippen molar-refractivity contribution < 1.29 is 18.2 Å². The minimum absolute atomic E-state index is 0.140. The maximum absolute atomic E-state index is 12.7. The third-order valence-electron chi connectivity index (χ3n) is 2.74. The summed E-state index contributed by atoms with van der Waals surface area (Å²) in [6, 6.07) is 4.92. The van der Waals surface area contributed by atoms with E-state index in [4.69, 9.17) is 11.1 Å². The van der Waals surface area contributed by atoms with Crippen molar-refractivity contribution in [3.8, 4) is 0 Å². The van der Waals surface area contributed by atoms with E-state index in [0.717, 1.165) is 0 Å². The van der Waals surface area contributed by atoms with E-state index >= 15 is 0 Å². The van der Waals surface area contributed by atoms with E-state index in [2.05, 4.69) is 25.6 Å². The number of halogens is 2. The number of primary amides is 1. The van der Waals surface area contributed by atoms with Crippen LogP contribution in [0.2, 0.25) is 0 Å². The molecule has 0 saturated carbocycles. The van der Waals surface area contributed by atoms with Gasteiger partial charge in [0.15, 0.2) is 16.6 Å². The summed E-state index contributed by atoms with van der Waals surface area (Å²) >= 11 is 1.20. The second kappa shape index (κ2) is 8.24. The Bertz CT molecular complexity index is 724. The fourth-order valence-electron chi connectivity index (χ4n) is 1.71. The quantitative estimate of drug-likeness (QED) is 0.260. The van der Waals surface area contributed by atoms with Crippen molar-refractivity contribution in [1.82, 2.24) is 15.6 Å². The Morgan fingerprint density at radius 3 is 2.92 bits per heavy atom. The third kappa shape index (κ3) is 4.91. The molecule has 0 radical (unpaired) electrons. The van der Waals surface area contributed by atoms with Crippen molar-refractivity contribution in [3.05, 3.63) is 35.5 Å². The third-order valence-corrected chi connectivity index (χ3v) is 3.69. The van der Waals surface area contributed by atoms with Crippen molar-refractivity contribution in [1.29, 1.82) is 5.41 Å². The Balaban J connectivity index is 1.99. The molecule has 2 amide bonds. The minimum atomic E-state index is -2.60. The van der Waals surface area contributed by atoms with Gasteiger partial charge in [0.1, 0.15) is 0 Å². The van der Waals surface area contributed by atoms with Crippen LogP contribution < -0.4 is 16.4 Å². The Kier molecular flexibility index (Phi) is 6.07. The van der Waals surface area contributed by atoms with Crippen LogP contribution in [0.25, 0.3) is 0 Å².